The molecule has 114 valence electrons. The predicted octanol–water partition coefficient (Wildman–Crippen LogP) is 3.27. The summed E-state index contributed by atoms with van der Waals surface area (Å²) in [7, 11) is 0. The van der Waals surface area contributed by atoms with Crippen LogP contribution in [0.2, 0.25) is 0 Å². The van der Waals surface area contributed by atoms with E-state index >= 15 is 0 Å². The van der Waals surface area contributed by atoms with Gasteiger partial charge in [0.2, 0.25) is 0 Å². The number of anilines is 2. The number of ether oxygens (including phenoxy) is 1. The van der Waals surface area contributed by atoms with E-state index in [1.807, 2.05) is 12.3 Å². The number of nitrogens with one attached hydrogen (secondary N) is 1. The van der Waals surface area contributed by atoms with E-state index in [9.17, 15) is 4.39 Å². The standard InChI is InChI=1S/C16H16FN3OS/c17-12-2-3-13-14(9-12)22-16(19-13)11-1-4-15(18-10-11)20-5-7-21-8-6-20/h1-4,9-10,16,19H,5-8H2. The summed E-state index contributed by atoms with van der Waals surface area (Å²) in [6.07, 6.45) is 1.90. The molecule has 1 aromatic heterocycles. The summed E-state index contributed by atoms with van der Waals surface area (Å²) >= 11 is 1.62. The van der Waals surface area contributed by atoms with Crippen LogP contribution in [0.25, 0.3) is 0 Å². The number of thioether (sulfide) groups is 1. The number of halogens is 1. The van der Waals surface area contributed by atoms with E-state index in [2.05, 4.69) is 21.3 Å². The number of hydrogen-bond donors (Lipinski definition) is 1. The van der Waals surface area contributed by atoms with E-state index in [4.69, 9.17) is 4.74 Å². The highest BCUT2D eigenvalue weighted by Gasteiger charge is 2.23. The van der Waals surface area contributed by atoms with Crippen molar-refractivity contribution in [1.82, 2.24) is 4.98 Å². The van der Waals surface area contributed by atoms with Crippen molar-refractivity contribution in [3.8, 4) is 0 Å². The van der Waals surface area contributed by atoms with Crippen molar-refractivity contribution in [3.63, 3.8) is 0 Å². The second-order valence-electron chi connectivity index (χ2n) is 5.33. The first-order valence-corrected chi connectivity index (χ1v) is 8.19. The number of aromatic nitrogens is 1. The lowest BCUT2D eigenvalue weighted by atomic mass is 10.2. The molecular formula is C16H16FN3OS. The molecule has 1 unspecified atom stereocenters. The topological polar surface area (TPSA) is 37.4 Å². The third kappa shape index (κ3) is 2.64. The Morgan fingerprint density at radius 2 is 2.09 bits per heavy atom. The molecule has 1 saturated heterocycles. The van der Waals surface area contributed by atoms with Gasteiger partial charge in [-0.15, -0.1) is 0 Å². The van der Waals surface area contributed by atoms with Crippen LogP contribution in [-0.4, -0.2) is 31.3 Å². The molecule has 0 bridgehead atoms. The molecular weight excluding hydrogens is 301 g/mol. The number of pyridine rings is 1. The van der Waals surface area contributed by atoms with Gasteiger partial charge in [-0.25, -0.2) is 9.37 Å². The average molecular weight is 317 g/mol. The minimum Gasteiger partial charge on any atom is -0.378 e. The van der Waals surface area contributed by atoms with Gasteiger partial charge in [-0.1, -0.05) is 17.8 Å². The van der Waals surface area contributed by atoms with E-state index in [0.717, 1.165) is 48.3 Å². The summed E-state index contributed by atoms with van der Waals surface area (Å²) in [4.78, 5) is 7.75. The molecule has 1 fully saturated rings. The maximum atomic E-state index is 13.3. The summed E-state index contributed by atoms with van der Waals surface area (Å²) < 4.78 is 18.6. The Hall–Kier alpha value is -1.79. The van der Waals surface area contributed by atoms with Crippen molar-refractivity contribution in [2.45, 2.75) is 10.3 Å². The normalized spacial score (nSPS) is 20.6. The monoisotopic (exact) mass is 317 g/mol. The van der Waals surface area contributed by atoms with Crippen molar-refractivity contribution in [2.75, 3.05) is 36.5 Å². The number of fused-ring (bicyclic) bond motifs is 1. The van der Waals surface area contributed by atoms with Gasteiger partial charge in [-0.3, -0.25) is 0 Å². The van der Waals surface area contributed by atoms with E-state index in [1.54, 1.807) is 23.9 Å². The average Bonchev–Trinajstić information content (AvgIpc) is 2.99. The zero-order valence-corrected chi connectivity index (χ0v) is 12.8. The Kier molecular flexibility index (Phi) is 3.63. The van der Waals surface area contributed by atoms with E-state index in [0.29, 0.717) is 0 Å². The largest absolute Gasteiger partial charge is 0.378 e. The summed E-state index contributed by atoms with van der Waals surface area (Å²) in [6, 6.07) is 8.97. The fourth-order valence-electron chi connectivity index (χ4n) is 2.69. The molecule has 0 amide bonds. The first-order chi connectivity index (χ1) is 10.8. The number of nitrogens with zero attached hydrogens (tertiary/aromatic N) is 2. The summed E-state index contributed by atoms with van der Waals surface area (Å²) in [5.41, 5.74) is 2.08. The molecule has 0 spiro atoms. The molecule has 1 aromatic carbocycles. The first kappa shape index (κ1) is 13.8. The first-order valence-electron chi connectivity index (χ1n) is 7.31. The third-order valence-electron chi connectivity index (χ3n) is 3.88. The lowest BCUT2D eigenvalue weighted by Gasteiger charge is -2.28. The molecule has 2 aromatic rings. The van der Waals surface area contributed by atoms with Gasteiger partial charge < -0.3 is 15.0 Å². The fourth-order valence-corrected chi connectivity index (χ4v) is 3.84. The number of rotatable bonds is 2. The van der Waals surface area contributed by atoms with Crippen LogP contribution < -0.4 is 10.2 Å². The highest BCUT2D eigenvalue weighted by atomic mass is 32.2. The molecule has 1 N–H and O–H groups in total. The molecule has 3 heterocycles. The van der Waals surface area contributed by atoms with Gasteiger partial charge in [0.25, 0.3) is 0 Å². The fraction of sp³-hybridized carbons (Fsp3) is 0.312. The maximum Gasteiger partial charge on any atom is 0.128 e. The van der Waals surface area contributed by atoms with Crippen LogP contribution >= 0.6 is 11.8 Å². The minimum absolute atomic E-state index is 0.0861. The van der Waals surface area contributed by atoms with Gasteiger partial charge in [0.15, 0.2) is 0 Å². The molecule has 2 aliphatic heterocycles. The molecule has 6 heteroatoms. The zero-order valence-electron chi connectivity index (χ0n) is 12.0. The molecule has 0 aliphatic carbocycles. The molecule has 2 aliphatic rings. The molecule has 1 atom stereocenters. The molecule has 0 radical (unpaired) electrons. The molecule has 0 saturated carbocycles. The summed E-state index contributed by atoms with van der Waals surface area (Å²) in [6.45, 7) is 3.27. The predicted molar refractivity (Wildman–Crippen MR) is 85.9 cm³/mol. The van der Waals surface area contributed by atoms with Gasteiger partial charge in [0, 0.05) is 35.4 Å². The number of hydrogen-bond acceptors (Lipinski definition) is 5. The number of benzene rings is 1. The number of morpholine rings is 1. The zero-order chi connectivity index (χ0) is 14.9. The van der Waals surface area contributed by atoms with Crippen LogP contribution in [0.3, 0.4) is 0 Å². The van der Waals surface area contributed by atoms with Crippen LogP contribution in [0.1, 0.15) is 10.9 Å². The Morgan fingerprint density at radius 3 is 2.86 bits per heavy atom. The highest BCUT2D eigenvalue weighted by molar-refractivity contribution is 8.00. The van der Waals surface area contributed by atoms with Crippen molar-refractivity contribution in [2.24, 2.45) is 0 Å². The van der Waals surface area contributed by atoms with Gasteiger partial charge in [0.05, 0.1) is 13.2 Å². The van der Waals surface area contributed by atoms with E-state index < -0.39 is 0 Å². The summed E-state index contributed by atoms with van der Waals surface area (Å²) in [5.74, 6) is 0.785. The lowest BCUT2D eigenvalue weighted by molar-refractivity contribution is 0.122. The van der Waals surface area contributed by atoms with Gasteiger partial charge in [-0.2, -0.15) is 0 Å². The minimum atomic E-state index is -0.200. The van der Waals surface area contributed by atoms with Crippen molar-refractivity contribution < 1.29 is 9.13 Å². The molecule has 22 heavy (non-hydrogen) atoms. The molecule has 4 rings (SSSR count). The van der Waals surface area contributed by atoms with Crippen LogP contribution in [0.5, 0.6) is 0 Å². The Morgan fingerprint density at radius 1 is 1.23 bits per heavy atom. The second-order valence-corrected chi connectivity index (χ2v) is 6.48. The van der Waals surface area contributed by atoms with Gasteiger partial charge in [-0.05, 0) is 24.3 Å². The van der Waals surface area contributed by atoms with Crippen LogP contribution in [0, 0.1) is 5.82 Å². The highest BCUT2D eigenvalue weighted by Crippen LogP contribution is 2.46. The van der Waals surface area contributed by atoms with Gasteiger partial charge in [0.1, 0.15) is 17.0 Å². The van der Waals surface area contributed by atoms with Crippen LogP contribution in [-0.2, 0) is 4.74 Å². The van der Waals surface area contributed by atoms with Gasteiger partial charge >= 0.3 is 0 Å². The van der Waals surface area contributed by atoms with Crippen LogP contribution in [0.15, 0.2) is 41.4 Å². The quantitative estimate of drug-likeness (QED) is 0.920. The molecule has 4 nitrogen and oxygen atoms in total. The van der Waals surface area contributed by atoms with Crippen molar-refractivity contribution >= 4 is 23.3 Å². The Balaban J connectivity index is 1.50. The Labute approximate surface area is 132 Å². The van der Waals surface area contributed by atoms with E-state index in [1.165, 1.54) is 6.07 Å². The lowest BCUT2D eigenvalue weighted by Crippen LogP contribution is -2.36. The van der Waals surface area contributed by atoms with Crippen LogP contribution in [0.4, 0.5) is 15.9 Å². The van der Waals surface area contributed by atoms with Crippen molar-refractivity contribution in [1.29, 1.82) is 0 Å². The van der Waals surface area contributed by atoms with E-state index in [-0.39, 0.29) is 11.2 Å². The Bertz CT molecular complexity index is 674. The smallest absolute Gasteiger partial charge is 0.128 e. The second kappa shape index (κ2) is 5.78. The summed E-state index contributed by atoms with van der Waals surface area (Å²) in [5, 5.41) is 3.49. The van der Waals surface area contributed by atoms with Crippen molar-refractivity contribution in [3.05, 3.63) is 47.9 Å². The SMILES string of the molecule is Fc1ccc2c(c1)SC(c1ccc(N3CCOCC3)nc1)N2. The third-order valence-corrected chi connectivity index (χ3v) is 5.10. The maximum absolute atomic E-state index is 13.3.